The minimum absolute atomic E-state index is 0.100. The number of benzene rings is 3. The molecule has 0 spiro atoms. The van der Waals surface area contributed by atoms with Crippen molar-refractivity contribution < 1.29 is 9.59 Å². The van der Waals surface area contributed by atoms with Crippen molar-refractivity contribution in [1.29, 1.82) is 0 Å². The molecule has 0 saturated heterocycles. The van der Waals surface area contributed by atoms with E-state index in [9.17, 15) is 9.59 Å². The van der Waals surface area contributed by atoms with Gasteiger partial charge in [0, 0.05) is 11.3 Å². The van der Waals surface area contributed by atoms with E-state index in [2.05, 4.69) is 15.6 Å². The summed E-state index contributed by atoms with van der Waals surface area (Å²) in [6.07, 6.45) is 0. The van der Waals surface area contributed by atoms with E-state index in [4.69, 9.17) is 0 Å². The van der Waals surface area contributed by atoms with Crippen molar-refractivity contribution in [2.45, 2.75) is 33.9 Å². The van der Waals surface area contributed by atoms with Crippen LogP contribution in [0.1, 0.15) is 32.9 Å². The maximum absolute atomic E-state index is 12.8. The smallest absolute Gasteiger partial charge is 0.251 e. The molecule has 0 radical (unpaired) electrons. The monoisotopic (exact) mass is 426 g/mol. The SMILES string of the molecule is Cc1cccc(C(=O)NCc2nc3ccccc3n2CC(=O)Nc2ccc(C)c(C)c2)c1. The average Bonchev–Trinajstić information content (AvgIpc) is 3.12. The highest BCUT2D eigenvalue weighted by molar-refractivity contribution is 5.94. The van der Waals surface area contributed by atoms with Gasteiger partial charge in [-0.2, -0.15) is 0 Å². The number of para-hydroxylation sites is 2. The third kappa shape index (κ3) is 4.70. The number of hydrogen-bond donors (Lipinski definition) is 2. The number of hydrogen-bond acceptors (Lipinski definition) is 3. The minimum Gasteiger partial charge on any atom is -0.345 e. The van der Waals surface area contributed by atoms with Gasteiger partial charge in [-0.05, 0) is 68.3 Å². The Bertz CT molecular complexity index is 1310. The van der Waals surface area contributed by atoms with Crippen LogP contribution in [0, 0.1) is 20.8 Å². The third-order valence-electron chi connectivity index (χ3n) is 5.51. The first-order valence-corrected chi connectivity index (χ1v) is 10.6. The van der Waals surface area contributed by atoms with Crippen molar-refractivity contribution in [1.82, 2.24) is 14.9 Å². The summed E-state index contributed by atoms with van der Waals surface area (Å²) in [5, 5.41) is 5.89. The fraction of sp³-hybridized carbons (Fsp3) is 0.192. The van der Waals surface area contributed by atoms with Crippen molar-refractivity contribution in [2.24, 2.45) is 0 Å². The maximum atomic E-state index is 12.8. The van der Waals surface area contributed by atoms with Crippen LogP contribution in [0.15, 0.2) is 66.7 Å². The molecule has 0 atom stereocenters. The number of fused-ring (bicyclic) bond motifs is 1. The summed E-state index contributed by atoms with van der Waals surface area (Å²) < 4.78 is 1.85. The molecule has 0 bridgehead atoms. The van der Waals surface area contributed by atoms with Gasteiger partial charge >= 0.3 is 0 Å². The second-order valence-electron chi connectivity index (χ2n) is 8.00. The molecule has 0 aliphatic rings. The van der Waals surface area contributed by atoms with Crippen LogP contribution < -0.4 is 10.6 Å². The zero-order chi connectivity index (χ0) is 22.7. The Kier molecular flexibility index (Phi) is 6.03. The molecule has 2 N–H and O–H groups in total. The molecule has 3 aromatic carbocycles. The van der Waals surface area contributed by atoms with E-state index < -0.39 is 0 Å². The number of imidazole rings is 1. The highest BCUT2D eigenvalue weighted by Crippen LogP contribution is 2.18. The molecule has 0 aliphatic heterocycles. The number of aromatic nitrogens is 2. The van der Waals surface area contributed by atoms with Gasteiger partial charge in [0.1, 0.15) is 12.4 Å². The molecule has 6 nitrogen and oxygen atoms in total. The van der Waals surface area contributed by atoms with E-state index in [1.54, 1.807) is 6.07 Å². The van der Waals surface area contributed by atoms with Gasteiger partial charge in [-0.15, -0.1) is 0 Å². The molecule has 0 fully saturated rings. The molecule has 1 aromatic heterocycles. The van der Waals surface area contributed by atoms with Gasteiger partial charge in [-0.25, -0.2) is 4.98 Å². The van der Waals surface area contributed by atoms with E-state index in [1.807, 2.05) is 86.0 Å². The van der Waals surface area contributed by atoms with Gasteiger partial charge in [0.15, 0.2) is 0 Å². The van der Waals surface area contributed by atoms with E-state index in [1.165, 1.54) is 5.56 Å². The number of rotatable bonds is 6. The number of aryl methyl sites for hydroxylation is 3. The first-order chi connectivity index (χ1) is 15.4. The zero-order valence-corrected chi connectivity index (χ0v) is 18.5. The lowest BCUT2D eigenvalue weighted by atomic mass is 10.1. The first-order valence-electron chi connectivity index (χ1n) is 10.6. The number of amides is 2. The predicted molar refractivity (Wildman–Crippen MR) is 127 cm³/mol. The van der Waals surface area contributed by atoms with E-state index in [0.29, 0.717) is 11.4 Å². The molecule has 32 heavy (non-hydrogen) atoms. The molecule has 6 heteroatoms. The van der Waals surface area contributed by atoms with Crippen LogP contribution in [0.3, 0.4) is 0 Å². The van der Waals surface area contributed by atoms with Gasteiger partial charge in [-0.3, -0.25) is 9.59 Å². The molecule has 2 amide bonds. The molecule has 1 heterocycles. The summed E-state index contributed by atoms with van der Waals surface area (Å²) >= 11 is 0. The molecule has 4 rings (SSSR count). The summed E-state index contributed by atoms with van der Waals surface area (Å²) in [6, 6.07) is 20.9. The molecule has 0 saturated carbocycles. The van der Waals surface area contributed by atoms with E-state index >= 15 is 0 Å². The molecular formula is C26H26N4O2. The van der Waals surface area contributed by atoms with Crippen molar-refractivity contribution in [3.8, 4) is 0 Å². The van der Waals surface area contributed by atoms with Crippen molar-refractivity contribution in [2.75, 3.05) is 5.32 Å². The second kappa shape index (κ2) is 9.06. The van der Waals surface area contributed by atoms with Crippen LogP contribution >= 0.6 is 0 Å². The van der Waals surface area contributed by atoms with Crippen LogP contribution in [0.5, 0.6) is 0 Å². The third-order valence-corrected chi connectivity index (χ3v) is 5.51. The summed E-state index contributed by atoms with van der Waals surface area (Å²) in [6.45, 7) is 6.32. The fourth-order valence-electron chi connectivity index (χ4n) is 3.65. The van der Waals surface area contributed by atoms with E-state index in [0.717, 1.165) is 27.8 Å². The maximum Gasteiger partial charge on any atom is 0.251 e. The Labute approximate surface area is 187 Å². The normalized spacial score (nSPS) is 10.8. The molecule has 162 valence electrons. The lowest BCUT2D eigenvalue weighted by molar-refractivity contribution is -0.116. The number of carbonyl (C=O) groups is 2. The lowest BCUT2D eigenvalue weighted by Gasteiger charge is -2.12. The minimum atomic E-state index is -0.174. The Morgan fingerprint density at radius 1 is 0.906 bits per heavy atom. The Morgan fingerprint density at radius 3 is 2.50 bits per heavy atom. The summed E-state index contributed by atoms with van der Waals surface area (Å²) in [5.74, 6) is 0.303. The summed E-state index contributed by atoms with van der Waals surface area (Å²) in [7, 11) is 0. The van der Waals surface area contributed by atoms with Crippen molar-refractivity contribution in [3.63, 3.8) is 0 Å². The van der Waals surface area contributed by atoms with Crippen LogP contribution in [-0.2, 0) is 17.9 Å². The first kappa shape index (κ1) is 21.3. The summed E-state index contributed by atoms with van der Waals surface area (Å²) in [5.41, 5.74) is 6.31. The standard InChI is InChI=1S/C26H26N4O2/c1-17-7-6-8-20(13-17)26(32)27-15-24-29-22-9-4-5-10-23(22)30(24)16-25(31)28-21-12-11-18(2)19(3)14-21/h4-14H,15-16H2,1-3H3,(H,27,32)(H,28,31). The zero-order valence-electron chi connectivity index (χ0n) is 18.5. The van der Waals surface area contributed by atoms with Crippen molar-refractivity contribution >= 4 is 28.5 Å². The van der Waals surface area contributed by atoms with Gasteiger partial charge in [0.2, 0.25) is 5.91 Å². The van der Waals surface area contributed by atoms with Gasteiger partial charge in [0.25, 0.3) is 5.91 Å². The highest BCUT2D eigenvalue weighted by atomic mass is 16.2. The van der Waals surface area contributed by atoms with Crippen LogP contribution in [0.4, 0.5) is 5.69 Å². The number of anilines is 1. The lowest BCUT2D eigenvalue weighted by Crippen LogP contribution is -2.26. The van der Waals surface area contributed by atoms with Crippen LogP contribution in [0.2, 0.25) is 0 Å². The highest BCUT2D eigenvalue weighted by Gasteiger charge is 2.15. The van der Waals surface area contributed by atoms with Crippen LogP contribution in [0.25, 0.3) is 11.0 Å². The molecule has 0 aliphatic carbocycles. The number of nitrogens with one attached hydrogen (secondary N) is 2. The topological polar surface area (TPSA) is 76.0 Å². The second-order valence-corrected chi connectivity index (χ2v) is 8.00. The largest absolute Gasteiger partial charge is 0.345 e. The average molecular weight is 427 g/mol. The molecular weight excluding hydrogens is 400 g/mol. The van der Waals surface area contributed by atoms with Crippen molar-refractivity contribution in [3.05, 3.63) is 94.8 Å². The predicted octanol–water partition coefficient (Wildman–Crippen LogP) is 4.53. The van der Waals surface area contributed by atoms with E-state index in [-0.39, 0.29) is 24.9 Å². The number of carbonyl (C=O) groups excluding carboxylic acids is 2. The van der Waals surface area contributed by atoms with Crippen LogP contribution in [-0.4, -0.2) is 21.4 Å². The Balaban J connectivity index is 1.54. The molecule has 4 aromatic rings. The van der Waals surface area contributed by atoms with Gasteiger partial charge in [-0.1, -0.05) is 35.9 Å². The fourth-order valence-corrected chi connectivity index (χ4v) is 3.65. The van der Waals surface area contributed by atoms with Gasteiger partial charge in [0.05, 0.1) is 17.6 Å². The summed E-state index contributed by atoms with van der Waals surface area (Å²) in [4.78, 5) is 30.1. The Morgan fingerprint density at radius 2 is 1.72 bits per heavy atom. The number of nitrogens with zero attached hydrogens (tertiary/aromatic N) is 2. The quantitative estimate of drug-likeness (QED) is 0.476. The molecule has 0 unspecified atom stereocenters. The van der Waals surface area contributed by atoms with Gasteiger partial charge < -0.3 is 15.2 Å². The Hall–Kier alpha value is -3.93.